The van der Waals surface area contributed by atoms with Crippen LogP contribution in [0.3, 0.4) is 0 Å². The Kier molecular flexibility index (Phi) is 6.83. The standard InChI is InChI=1S/C15H27NS/c1-5-13-10-11-14(17-13)8-7-9-15(12(3)4)16-6-2/h10-12,15-16H,5-9H2,1-4H3. The van der Waals surface area contributed by atoms with Crippen molar-refractivity contribution in [1.29, 1.82) is 0 Å². The van der Waals surface area contributed by atoms with E-state index in [2.05, 4.69) is 45.1 Å². The van der Waals surface area contributed by atoms with Crippen molar-refractivity contribution in [3.8, 4) is 0 Å². The van der Waals surface area contributed by atoms with Crippen LogP contribution in [0, 0.1) is 5.92 Å². The molecule has 17 heavy (non-hydrogen) atoms. The van der Waals surface area contributed by atoms with Gasteiger partial charge >= 0.3 is 0 Å². The maximum Gasteiger partial charge on any atom is 0.00900 e. The van der Waals surface area contributed by atoms with Gasteiger partial charge in [0.25, 0.3) is 0 Å². The van der Waals surface area contributed by atoms with Gasteiger partial charge in [0, 0.05) is 15.8 Å². The lowest BCUT2D eigenvalue weighted by Gasteiger charge is -2.21. The van der Waals surface area contributed by atoms with E-state index >= 15 is 0 Å². The van der Waals surface area contributed by atoms with E-state index in [4.69, 9.17) is 0 Å². The Morgan fingerprint density at radius 2 is 1.88 bits per heavy atom. The van der Waals surface area contributed by atoms with Gasteiger partial charge in [0.1, 0.15) is 0 Å². The number of rotatable bonds is 8. The lowest BCUT2D eigenvalue weighted by Crippen LogP contribution is -2.33. The van der Waals surface area contributed by atoms with Crippen LogP contribution in [0.4, 0.5) is 0 Å². The second kappa shape index (κ2) is 7.88. The summed E-state index contributed by atoms with van der Waals surface area (Å²) in [5.74, 6) is 0.740. The van der Waals surface area contributed by atoms with E-state index in [1.165, 1.54) is 30.6 Å². The molecule has 0 aliphatic rings. The van der Waals surface area contributed by atoms with Crippen molar-refractivity contribution < 1.29 is 0 Å². The lowest BCUT2D eigenvalue weighted by atomic mass is 9.98. The third-order valence-electron chi connectivity index (χ3n) is 3.28. The molecule has 0 aliphatic heterocycles. The summed E-state index contributed by atoms with van der Waals surface area (Å²) in [6.45, 7) is 10.1. The molecule has 0 fully saturated rings. The summed E-state index contributed by atoms with van der Waals surface area (Å²) in [6, 6.07) is 5.27. The van der Waals surface area contributed by atoms with Crippen molar-refractivity contribution in [2.24, 2.45) is 5.92 Å². The average molecular weight is 253 g/mol. The largest absolute Gasteiger partial charge is 0.314 e. The summed E-state index contributed by atoms with van der Waals surface area (Å²) in [5, 5.41) is 3.59. The van der Waals surface area contributed by atoms with Crippen LogP contribution in [0.15, 0.2) is 12.1 Å². The van der Waals surface area contributed by atoms with Crippen LogP contribution in [-0.2, 0) is 12.8 Å². The molecule has 0 aliphatic carbocycles. The molecule has 1 atom stereocenters. The molecule has 0 spiro atoms. The molecular weight excluding hydrogens is 226 g/mol. The first-order chi connectivity index (χ1) is 8.17. The van der Waals surface area contributed by atoms with E-state index in [0.717, 1.165) is 12.5 Å². The van der Waals surface area contributed by atoms with Gasteiger partial charge in [0.15, 0.2) is 0 Å². The quantitative estimate of drug-likeness (QED) is 0.729. The Labute approximate surface area is 111 Å². The monoisotopic (exact) mass is 253 g/mol. The Balaban J connectivity index is 2.30. The van der Waals surface area contributed by atoms with E-state index in [1.54, 1.807) is 4.88 Å². The van der Waals surface area contributed by atoms with E-state index in [9.17, 15) is 0 Å². The molecule has 1 aromatic rings. The Hall–Kier alpha value is -0.340. The van der Waals surface area contributed by atoms with Gasteiger partial charge in [-0.3, -0.25) is 0 Å². The van der Waals surface area contributed by atoms with E-state index < -0.39 is 0 Å². The molecule has 0 bridgehead atoms. The molecule has 0 radical (unpaired) electrons. The summed E-state index contributed by atoms with van der Waals surface area (Å²) < 4.78 is 0. The second-order valence-corrected chi connectivity index (χ2v) is 6.27. The summed E-state index contributed by atoms with van der Waals surface area (Å²) in [6.07, 6.45) is 5.03. The van der Waals surface area contributed by atoms with Crippen LogP contribution < -0.4 is 5.32 Å². The number of aryl methyl sites for hydroxylation is 2. The zero-order valence-electron chi connectivity index (χ0n) is 11.8. The number of nitrogens with one attached hydrogen (secondary N) is 1. The van der Waals surface area contributed by atoms with Gasteiger partial charge in [-0.05, 0) is 50.3 Å². The van der Waals surface area contributed by atoms with Crippen molar-refractivity contribution >= 4 is 11.3 Å². The average Bonchev–Trinajstić information content (AvgIpc) is 2.75. The molecule has 0 saturated carbocycles. The van der Waals surface area contributed by atoms with Crippen molar-refractivity contribution in [2.75, 3.05) is 6.54 Å². The van der Waals surface area contributed by atoms with Crippen molar-refractivity contribution in [3.63, 3.8) is 0 Å². The molecule has 1 rings (SSSR count). The highest BCUT2D eigenvalue weighted by molar-refractivity contribution is 7.11. The molecule has 1 aromatic heterocycles. The van der Waals surface area contributed by atoms with Gasteiger partial charge < -0.3 is 5.32 Å². The molecule has 98 valence electrons. The molecule has 1 nitrogen and oxygen atoms in total. The van der Waals surface area contributed by atoms with Crippen LogP contribution in [-0.4, -0.2) is 12.6 Å². The minimum atomic E-state index is 0.686. The normalized spacial score (nSPS) is 13.2. The summed E-state index contributed by atoms with van der Waals surface area (Å²) in [5.41, 5.74) is 0. The Morgan fingerprint density at radius 1 is 1.18 bits per heavy atom. The predicted molar refractivity (Wildman–Crippen MR) is 78.9 cm³/mol. The molecule has 1 N–H and O–H groups in total. The molecule has 2 heteroatoms. The van der Waals surface area contributed by atoms with Crippen LogP contribution in [0.2, 0.25) is 0 Å². The number of hydrogen-bond acceptors (Lipinski definition) is 2. The third kappa shape index (κ3) is 5.22. The highest BCUT2D eigenvalue weighted by Crippen LogP contribution is 2.20. The summed E-state index contributed by atoms with van der Waals surface area (Å²) in [7, 11) is 0. The molecule has 0 amide bonds. The topological polar surface area (TPSA) is 12.0 Å². The number of hydrogen-bond donors (Lipinski definition) is 1. The third-order valence-corrected chi connectivity index (χ3v) is 4.56. The van der Waals surface area contributed by atoms with Gasteiger partial charge in [-0.2, -0.15) is 0 Å². The van der Waals surface area contributed by atoms with Crippen LogP contribution in [0.5, 0.6) is 0 Å². The smallest absolute Gasteiger partial charge is 0.00900 e. The van der Waals surface area contributed by atoms with Crippen LogP contribution in [0.25, 0.3) is 0 Å². The summed E-state index contributed by atoms with van der Waals surface area (Å²) >= 11 is 1.99. The Morgan fingerprint density at radius 3 is 2.41 bits per heavy atom. The fraction of sp³-hybridized carbons (Fsp3) is 0.733. The van der Waals surface area contributed by atoms with Crippen LogP contribution in [0.1, 0.15) is 50.3 Å². The van der Waals surface area contributed by atoms with Gasteiger partial charge in [-0.1, -0.05) is 27.7 Å². The van der Waals surface area contributed by atoms with Crippen molar-refractivity contribution in [2.45, 2.75) is 59.4 Å². The highest BCUT2D eigenvalue weighted by atomic mass is 32.1. The van der Waals surface area contributed by atoms with Gasteiger partial charge in [-0.15, -0.1) is 11.3 Å². The maximum absolute atomic E-state index is 3.59. The molecule has 1 heterocycles. The first-order valence-corrected chi connectivity index (χ1v) is 7.80. The van der Waals surface area contributed by atoms with Crippen LogP contribution >= 0.6 is 11.3 Å². The zero-order valence-corrected chi connectivity index (χ0v) is 12.6. The molecule has 0 aromatic carbocycles. The first-order valence-electron chi connectivity index (χ1n) is 6.98. The highest BCUT2D eigenvalue weighted by Gasteiger charge is 2.11. The fourth-order valence-electron chi connectivity index (χ4n) is 2.18. The SMILES string of the molecule is CCNC(CCCc1ccc(CC)s1)C(C)C. The second-order valence-electron chi connectivity index (χ2n) is 5.02. The van der Waals surface area contributed by atoms with Gasteiger partial charge in [0.2, 0.25) is 0 Å². The predicted octanol–water partition coefficient (Wildman–Crippen LogP) is 4.27. The first kappa shape index (κ1) is 14.7. The minimum absolute atomic E-state index is 0.686. The minimum Gasteiger partial charge on any atom is -0.314 e. The fourth-order valence-corrected chi connectivity index (χ4v) is 3.18. The summed E-state index contributed by atoms with van der Waals surface area (Å²) in [4.78, 5) is 3.08. The van der Waals surface area contributed by atoms with E-state index in [1.807, 2.05) is 11.3 Å². The zero-order chi connectivity index (χ0) is 12.7. The maximum atomic E-state index is 3.59. The van der Waals surface area contributed by atoms with E-state index in [0.29, 0.717) is 6.04 Å². The van der Waals surface area contributed by atoms with Crippen molar-refractivity contribution in [1.82, 2.24) is 5.32 Å². The molecule has 0 saturated heterocycles. The number of thiophene rings is 1. The molecule has 1 unspecified atom stereocenters. The molecular formula is C15H27NS. The van der Waals surface area contributed by atoms with Gasteiger partial charge in [0.05, 0.1) is 0 Å². The Bertz CT molecular complexity index is 304. The van der Waals surface area contributed by atoms with Gasteiger partial charge in [-0.25, -0.2) is 0 Å². The van der Waals surface area contributed by atoms with Crippen molar-refractivity contribution in [3.05, 3.63) is 21.9 Å². The van der Waals surface area contributed by atoms with E-state index in [-0.39, 0.29) is 0 Å². The lowest BCUT2D eigenvalue weighted by molar-refractivity contribution is 0.377.